The Hall–Kier alpha value is -0.0800. The average molecular weight is 184 g/mol. The Labute approximate surface area is 82.3 Å². The van der Waals surface area contributed by atoms with Crippen molar-refractivity contribution in [3.05, 3.63) is 0 Å². The molecule has 2 nitrogen and oxygen atoms in total. The van der Waals surface area contributed by atoms with Crippen molar-refractivity contribution in [1.82, 2.24) is 5.32 Å². The molecule has 0 aromatic carbocycles. The normalized spacial score (nSPS) is 19.6. The Bertz CT molecular complexity index is 137. The van der Waals surface area contributed by atoms with Crippen molar-refractivity contribution in [3.8, 4) is 0 Å². The molecule has 0 atom stereocenters. The predicted octanol–water partition coefficient (Wildman–Crippen LogP) is 1.89. The lowest BCUT2D eigenvalue weighted by molar-refractivity contribution is 0.301. The summed E-state index contributed by atoms with van der Waals surface area (Å²) in [6, 6.07) is 0.789. The number of nitrogens with two attached hydrogens (primary N) is 1. The number of rotatable bonds is 5. The molecule has 1 rings (SSSR count). The maximum atomic E-state index is 5.57. The van der Waals surface area contributed by atoms with Crippen molar-refractivity contribution in [3.63, 3.8) is 0 Å². The van der Waals surface area contributed by atoms with Gasteiger partial charge in [-0.1, -0.05) is 26.7 Å². The summed E-state index contributed by atoms with van der Waals surface area (Å²) in [4.78, 5) is 0. The molecule has 0 bridgehead atoms. The molecule has 0 amide bonds. The van der Waals surface area contributed by atoms with Crippen LogP contribution in [0.4, 0.5) is 0 Å². The second-order valence-electron chi connectivity index (χ2n) is 5.07. The maximum absolute atomic E-state index is 5.57. The highest BCUT2D eigenvalue weighted by atomic mass is 14.9. The standard InChI is InChI=1S/C11H24N2/c1-11(2,7-8-12)9-13-10-5-3-4-6-10/h10,13H,3-9,12H2,1-2H3. The molecule has 13 heavy (non-hydrogen) atoms. The number of nitrogens with one attached hydrogen (secondary N) is 1. The Morgan fingerprint density at radius 3 is 2.46 bits per heavy atom. The van der Waals surface area contributed by atoms with E-state index in [2.05, 4.69) is 19.2 Å². The van der Waals surface area contributed by atoms with E-state index in [1.807, 2.05) is 0 Å². The lowest BCUT2D eigenvalue weighted by Crippen LogP contribution is -2.36. The van der Waals surface area contributed by atoms with Crippen LogP contribution >= 0.6 is 0 Å². The summed E-state index contributed by atoms with van der Waals surface area (Å²) in [5, 5.41) is 3.65. The van der Waals surface area contributed by atoms with Gasteiger partial charge in [0.15, 0.2) is 0 Å². The van der Waals surface area contributed by atoms with Gasteiger partial charge in [0.1, 0.15) is 0 Å². The highest BCUT2D eigenvalue weighted by Crippen LogP contribution is 2.21. The van der Waals surface area contributed by atoms with Crippen molar-refractivity contribution in [1.29, 1.82) is 0 Å². The van der Waals surface area contributed by atoms with Gasteiger partial charge >= 0.3 is 0 Å². The van der Waals surface area contributed by atoms with Gasteiger partial charge in [0.2, 0.25) is 0 Å². The van der Waals surface area contributed by atoms with E-state index in [1.54, 1.807) is 0 Å². The van der Waals surface area contributed by atoms with Crippen LogP contribution < -0.4 is 11.1 Å². The van der Waals surface area contributed by atoms with Crippen LogP contribution in [-0.4, -0.2) is 19.1 Å². The van der Waals surface area contributed by atoms with Gasteiger partial charge in [-0.2, -0.15) is 0 Å². The summed E-state index contributed by atoms with van der Waals surface area (Å²) < 4.78 is 0. The van der Waals surface area contributed by atoms with Gasteiger partial charge in [-0.25, -0.2) is 0 Å². The molecular weight excluding hydrogens is 160 g/mol. The monoisotopic (exact) mass is 184 g/mol. The lowest BCUT2D eigenvalue weighted by atomic mass is 9.89. The largest absolute Gasteiger partial charge is 0.330 e. The molecule has 78 valence electrons. The molecule has 0 aromatic heterocycles. The summed E-state index contributed by atoms with van der Waals surface area (Å²) in [6.45, 7) is 6.51. The van der Waals surface area contributed by atoms with Crippen LogP contribution in [0.3, 0.4) is 0 Å². The van der Waals surface area contributed by atoms with Gasteiger partial charge in [0.05, 0.1) is 0 Å². The van der Waals surface area contributed by atoms with Gasteiger partial charge in [-0.05, 0) is 31.2 Å². The zero-order valence-electron chi connectivity index (χ0n) is 9.10. The molecule has 0 radical (unpaired) electrons. The first-order valence-corrected chi connectivity index (χ1v) is 5.57. The Kier molecular flexibility index (Phi) is 4.20. The van der Waals surface area contributed by atoms with Crippen LogP contribution in [0.25, 0.3) is 0 Å². The number of hydrogen-bond acceptors (Lipinski definition) is 2. The van der Waals surface area contributed by atoms with E-state index >= 15 is 0 Å². The first kappa shape index (κ1) is 11.0. The van der Waals surface area contributed by atoms with Crippen LogP contribution in [-0.2, 0) is 0 Å². The van der Waals surface area contributed by atoms with Crippen LogP contribution in [0, 0.1) is 5.41 Å². The fourth-order valence-corrected chi connectivity index (χ4v) is 2.03. The molecule has 1 fully saturated rings. The van der Waals surface area contributed by atoms with Crippen molar-refractivity contribution in [2.45, 2.75) is 52.0 Å². The first-order chi connectivity index (χ1) is 6.14. The first-order valence-electron chi connectivity index (χ1n) is 5.57. The Morgan fingerprint density at radius 2 is 1.92 bits per heavy atom. The zero-order valence-corrected chi connectivity index (χ0v) is 9.10. The third-order valence-corrected chi connectivity index (χ3v) is 3.05. The second kappa shape index (κ2) is 4.97. The molecule has 1 saturated carbocycles. The maximum Gasteiger partial charge on any atom is 0.00672 e. The molecule has 0 unspecified atom stereocenters. The topological polar surface area (TPSA) is 38.0 Å². The molecule has 0 spiro atoms. The summed E-state index contributed by atoms with van der Waals surface area (Å²) in [5.41, 5.74) is 5.94. The van der Waals surface area contributed by atoms with Crippen molar-refractivity contribution >= 4 is 0 Å². The smallest absolute Gasteiger partial charge is 0.00672 e. The van der Waals surface area contributed by atoms with Crippen molar-refractivity contribution < 1.29 is 0 Å². The lowest BCUT2D eigenvalue weighted by Gasteiger charge is -2.26. The minimum atomic E-state index is 0.372. The molecule has 0 aromatic rings. The van der Waals surface area contributed by atoms with E-state index in [0.29, 0.717) is 5.41 Å². The summed E-state index contributed by atoms with van der Waals surface area (Å²) in [5.74, 6) is 0. The van der Waals surface area contributed by atoms with Crippen molar-refractivity contribution in [2.24, 2.45) is 11.1 Å². The molecule has 1 aliphatic carbocycles. The van der Waals surface area contributed by atoms with E-state index in [4.69, 9.17) is 5.73 Å². The SMILES string of the molecule is CC(C)(CCN)CNC1CCCC1. The summed E-state index contributed by atoms with van der Waals surface area (Å²) in [7, 11) is 0. The molecule has 3 N–H and O–H groups in total. The van der Waals surface area contributed by atoms with Crippen LogP contribution in [0.5, 0.6) is 0 Å². The van der Waals surface area contributed by atoms with E-state index in [0.717, 1.165) is 25.6 Å². The minimum absolute atomic E-state index is 0.372. The number of hydrogen-bond donors (Lipinski definition) is 2. The van der Waals surface area contributed by atoms with E-state index in [1.165, 1.54) is 25.7 Å². The third kappa shape index (κ3) is 4.10. The second-order valence-corrected chi connectivity index (χ2v) is 5.07. The minimum Gasteiger partial charge on any atom is -0.330 e. The van der Waals surface area contributed by atoms with Gasteiger partial charge in [-0.3, -0.25) is 0 Å². The van der Waals surface area contributed by atoms with Gasteiger partial charge in [-0.15, -0.1) is 0 Å². The van der Waals surface area contributed by atoms with Crippen LogP contribution in [0.2, 0.25) is 0 Å². The van der Waals surface area contributed by atoms with Crippen LogP contribution in [0.1, 0.15) is 46.0 Å². The molecule has 0 heterocycles. The van der Waals surface area contributed by atoms with Gasteiger partial charge < -0.3 is 11.1 Å². The van der Waals surface area contributed by atoms with Gasteiger partial charge in [0.25, 0.3) is 0 Å². The van der Waals surface area contributed by atoms with Crippen molar-refractivity contribution in [2.75, 3.05) is 13.1 Å². The Morgan fingerprint density at radius 1 is 1.31 bits per heavy atom. The van der Waals surface area contributed by atoms with E-state index in [9.17, 15) is 0 Å². The molecule has 2 heteroatoms. The zero-order chi connectivity index (χ0) is 9.73. The highest BCUT2D eigenvalue weighted by Gasteiger charge is 2.20. The highest BCUT2D eigenvalue weighted by molar-refractivity contribution is 4.78. The molecule has 0 saturated heterocycles. The van der Waals surface area contributed by atoms with E-state index < -0.39 is 0 Å². The Balaban J connectivity index is 2.15. The van der Waals surface area contributed by atoms with E-state index in [-0.39, 0.29) is 0 Å². The molecule has 0 aliphatic heterocycles. The fraction of sp³-hybridized carbons (Fsp3) is 1.00. The average Bonchev–Trinajstić information content (AvgIpc) is 2.52. The fourth-order valence-electron chi connectivity index (χ4n) is 2.03. The quantitative estimate of drug-likeness (QED) is 0.685. The van der Waals surface area contributed by atoms with Gasteiger partial charge in [0, 0.05) is 12.6 Å². The predicted molar refractivity (Wildman–Crippen MR) is 57.7 cm³/mol. The summed E-state index contributed by atoms with van der Waals surface area (Å²) in [6.07, 6.45) is 6.69. The summed E-state index contributed by atoms with van der Waals surface area (Å²) >= 11 is 0. The molecular formula is C11H24N2. The molecule has 1 aliphatic rings. The van der Waals surface area contributed by atoms with Crippen LogP contribution in [0.15, 0.2) is 0 Å². The third-order valence-electron chi connectivity index (χ3n) is 3.05.